The molecule has 188 valence electrons. The quantitative estimate of drug-likeness (QED) is 0.245. The number of carbonyl (C=O) groups excluding carboxylic acids is 1. The smallest absolute Gasteiger partial charge is 0.416 e. The van der Waals surface area contributed by atoms with Crippen molar-refractivity contribution in [1.29, 1.82) is 5.26 Å². The molecule has 0 saturated heterocycles. The molecule has 0 saturated carbocycles. The summed E-state index contributed by atoms with van der Waals surface area (Å²) >= 11 is 5.99. The second kappa shape index (κ2) is 11.3. The van der Waals surface area contributed by atoms with Crippen LogP contribution in [0.4, 0.5) is 23.2 Å². The number of esters is 1. The van der Waals surface area contributed by atoms with E-state index in [-0.39, 0.29) is 22.0 Å². The van der Waals surface area contributed by atoms with Gasteiger partial charge in [-0.15, -0.1) is 0 Å². The molecule has 0 aliphatic rings. The van der Waals surface area contributed by atoms with Crippen LogP contribution in [-0.4, -0.2) is 12.0 Å². The average Bonchev–Trinajstić information content (AvgIpc) is 2.82. The molecule has 0 spiro atoms. The summed E-state index contributed by atoms with van der Waals surface area (Å²) in [5.74, 6) is -1.41. The summed E-state index contributed by atoms with van der Waals surface area (Å²) in [6.45, 7) is 3.32. The number of carbonyl (C=O) groups is 1. The predicted molar refractivity (Wildman–Crippen MR) is 126 cm³/mol. The van der Waals surface area contributed by atoms with E-state index in [4.69, 9.17) is 21.1 Å². The van der Waals surface area contributed by atoms with Crippen LogP contribution >= 0.6 is 11.6 Å². The van der Waals surface area contributed by atoms with E-state index >= 15 is 0 Å². The Kier molecular flexibility index (Phi) is 8.43. The first kappa shape index (κ1) is 26.8. The fourth-order valence-electron chi connectivity index (χ4n) is 3.23. The van der Waals surface area contributed by atoms with E-state index in [0.29, 0.717) is 5.75 Å². The van der Waals surface area contributed by atoms with Gasteiger partial charge >= 0.3 is 12.1 Å². The lowest BCUT2D eigenvalue weighted by Crippen LogP contribution is -2.37. The highest BCUT2D eigenvalue weighted by Gasteiger charge is 2.32. The van der Waals surface area contributed by atoms with Crippen molar-refractivity contribution in [2.75, 3.05) is 5.32 Å². The molecule has 0 aliphatic heterocycles. The molecule has 0 bridgehead atoms. The molecular formula is C26H21ClF4N2O3. The molecule has 3 aromatic carbocycles. The number of nitriles is 1. The molecule has 10 heteroatoms. The minimum Gasteiger partial charge on any atom is -0.457 e. The van der Waals surface area contributed by atoms with Crippen LogP contribution in [0.2, 0.25) is 5.02 Å². The van der Waals surface area contributed by atoms with Crippen LogP contribution < -0.4 is 10.1 Å². The molecule has 0 aromatic heterocycles. The predicted octanol–water partition coefficient (Wildman–Crippen LogP) is 7.53. The SMILES string of the molecule is CC(C)C(Nc1ccc(C(F)(F)F)cc1Cl)C(=O)OC(C#N)c1cc(Oc2ccccc2)ccc1F. The van der Waals surface area contributed by atoms with Crippen molar-refractivity contribution in [1.82, 2.24) is 0 Å². The minimum atomic E-state index is -4.58. The van der Waals surface area contributed by atoms with Gasteiger partial charge in [0.25, 0.3) is 0 Å². The molecule has 0 fully saturated rings. The Labute approximate surface area is 210 Å². The van der Waals surface area contributed by atoms with Crippen molar-refractivity contribution in [2.24, 2.45) is 5.92 Å². The molecule has 0 heterocycles. The normalized spacial score (nSPS) is 13.0. The Morgan fingerprint density at radius 1 is 1.03 bits per heavy atom. The Hall–Kier alpha value is -3.77. The van der Waals surface area contributed by atoms with E-state index in [1.54, 1.807) is 50.2 Å². The van der Waals surface area contributed by atoms with Gasteiger partial charge in [-0.2, -0.15) is 18.4 Å². The van der Waals surface area contributed by atoms with Crippen LogP contribution in [0, 0.1) is 23.1 Å². The summed E-state index contributed by atoms with van der Waals surface area (Å²) in [4.78, 5) is 12.9. The Morgan fingerprint density at radius 2 is 1.72 bits per heavy atom. The van der Waals surface area contributed by atoms with Gasteiger partial charge in [-0.25, -0.2) is 9.18 Å². The standard InChI is InChI=1S/C26H21ClF4N2O3/c1-15(2)24(33-22-11-8-16(12-20(22)27)26(29,30)31)25(34)36-23(14-32)19-13-18(9-10-21(19)28)35-17-6-4-3-5-7-17/h3-13,15,23-24,33H,1-2H3. The number of para-hydroxylation sites is 1. The first-order valence-corrected chi connectivity index (χ1v) is 11.1. The van der Waals surface area contributed by atoms with Crippen molar-refractivity contribution >= 4 is 23.3 Å². The molecule has 0 aliphatic carbocycles. The van der Waals surface area contributed by atoms with Gasteiger partial charge in [0, 0.05) is 5.56 Å². The molecule has 1 N–H and O–H groups in total. The molecule has 0 amide bonds. The number of anilines is 1. The molecule has 5 nitrogen and oxygen atoms in total. The van der Waals surface area contributed by atoms with Crippen LogP contribution in [0.3, 0.4) is 0 Å². The van der Waals surface area contributed by atoms with Gasteiger partial charge in [0.15, 0.2) is 0 Å². The Balaban J connectivity index is 1.80. The third-order valence-corrected chi connectivity index (χ3v) is 5.42. The molecule has 36 heavy (non-hydrogen) atoms. The summed E-state index contributed by atoms with van der Waals surface area (Å²) in [6, 6.07) is 15.7. The third-order valence-electron chi connectivity index (χ3n) is 5.11. The van der Waals surface area contributed by atoms with Gasteiger partial charge in [0.2, 0.25) is 6.10 Å². The summed E-state index contributed by atoms with van der Waals surface area (Å²) in [5.41, 5.74) is -1.09. The van der Waals surface area contributed by atoms with Crippen LogP contribution in [0.5, 0.6) is 11.5 Å². The highest BCUT2D eigenvalue weighted by molar-refractivity contribution is 6.33. The number of hydrogen-bond acceptors (Lipinski definition) is 5. The first-order valence-electron chi connectivity index (χ1n) is 10.8. The maximum Gasteiger partial charge on any atom is 0.416 e. The summed E-state index contributed by atoms with van der Waals surface area (Å²) < 4.78 is 64.3. The van der Waals surface area contributed by atoms with E-state index in [1.807, 2.05) is 0 Å². The number of hydrogen-bond donors (Lipinski definition) is 1. The average molecular weight is 521 g/mol. The largest absolute Gasteiger partial charge is 0.457 e. The molecule has 2 unspecified atom stereocenters. The number of ether oxygens (including phenoxy) is 2. The monoisotopic (exact) mass is 520 g/mol. The maximum atomic E-state index is 14.6. The molecule has 0 radical (unpaired) electrons. The van der Waals surface area contributed by atoms with Crippen molar-refractivity contribution in [3.05, 3.63) is 88.7 Å². The van der Waals surface area contributed by atoms with E-state index in [2.05, 4.69) is 5.32 Å². The zero-order chi connectivity index (χ0) is 26.5. The lowest BCUT2D eigenvalue weighted by atomic mass is 10.0. The van der Waals surface area contributed by atoms with Crippen LogP contribution in [0.25, 0.3) is 0 Å². The van der Waals surface area contributed by atoms with Gasteiger partial charge in [-0.05, 0) is 54.4 Å². The van der Waals surface area contributed by atoms with Gasteiger partial charge in [0.05, 0.1) is 16.3 Å². The number of nitrogens with one attached hydrogen (secondary N) is 1. The second-order valence-corrected chi connectivity index (χ2v) is 8.51. The second-order valence-electron chi connectivity index (χ2n) is 8.10. The van der Waals surface area contributed by atoms with Crippen molar-refractivity contribution in [3.8, 4) is 17.6 Å². The van der Waals surface area contributed by atoms with Gasteiger partial charge in [-0.3, -0.25) is 0 Å². The summed E-state index contributed by atoms with van der Waals surface area (Å²) in [7, 11) is 0. The topological polar surface area (TPSA) is 71.3 Å². The highest BCUT2D eigenvalue weighted by atomic mass is 35.5. The molecule has 3 aromatic rings. The van der Waals surface area contributed by atoms with Crippen molar-refractivity contribution in [2.45, 2.75) is 32.2 Å². The van der Waals surface area contributed by atoms with E-state index in [9.17, 15) is 27.6 Å². The van der Waals surface area contributed by atoms with E-state index in [0.717, 1.165) is 24.3 Å². The number of halogens is 5. The maximum absolute atomic E-state index is 14.6. The van der Waals surface area contributed by atoms with E-state index < -0.39 is 41.6 Å². The van der Waals surface area contributed by atoms with Crippen LogP contribution in [0.15, 0.2) is 66.7 Å². The minimum absolute atomic E-state index is 0.0678. The van der Waals surface area contributed by atoms with Crippen molar-refractivity contribution in [3.63, 3.8) is 0 Å². The number of nitrogens with zero attached hydrogens (tertiary/aromatic N) is 1. The van der Waals surface area contributed by atoms with Gasteiger partial charge < -0.3 is 14.8 Å². The molecule has 2 atom stereocenters. The van der Waals surface area contributed by atoms with Crippen LogP contribution in [0.1, 0.15) is 31.1 Å². The molecular weight excluding hydrogens is 500 g/mol. The highest BCUT2D eigenvalue weighted by Crippen LogP contribution is 2.35. The van der Waals surface area contributed by atoms with Crippen molar-refractivity contribution < 1.29 is 31.8 Å². The first-order chi connectivity index (χ1) is 17.0. The number of alkyl halides is 3. The van der Waals surface area contributed by atoms with Crippen LogP contribution in [-0.2, 0) is 15.7 Å². The lowest BCUT2D eigenvalue weighted by molar-refractivity contribution is -0.149. The Morgan fingerprint density at radius 3 is 2.31 bits per heavy atom. The van der Waals surface area contributed by atoms with Gasteiger partial charge in [0.1, 0.15) is 29.4 Å². The van der Waals surface area contributed by atoms with E-state index in [1.165, 1.54) is 12.1 Å². The lowest BCUT2D eigenvalue weighted by Gasteiger charge is -2.24. The number of benzene rings is 3. The third kappa shape index (κ3) is 6.67. The van der Waals surface area contributed by atoms with Gasteiger partial charge in [-0.1, -0.05) is 43.6 Å². The Bertz CT molecular complexity index is 1260. The molecule has 3 rings (SSSR count). The zero-order valence-electron chi connectivity index (χ0n) is 19.1. The fraction of sp³-hybridized carbons (Fsp3) is 0.231. The summed E-state index contributed by atoms with van der Waals surface area (Å²) in [6.07, 6.45) is -6.19. The fourth-order valence-corrected chi connectivity index (χ4v) is 3.47. The summed E-state index contributed by atoms with van der Waals surface area (Å²) in [5, 5.41) is 12.1. The number of rotatable bonds is 8. The zero-order valence-corrected chi connectivity index (χ0v) is 19.9.